The summed E-state index contributed by atoms with van der Waals surface area (Å²) in [6.07, 6.45) is 5.88. The van der Waals surface area contributed by atoms with Crippen molar-refractivity contribution in [1.82, 2.24) is 4.98 Å². The average Bonchev–Trinajstić information content (AvgIpc) is 2.37. The number of hydrogen-bond donors (Lipinski definition) is 1. The van der Waals surface area contributed by atoms with Gasteiger partial charge in [-0.25, -0.2) is 0 Å². The summed E-state index contributed by atoms with van der Waals surface area (Å²) in [5.74, 6) is 1.32. The van der Waals surface area contributed by atoms with E-state index < -0.39 is 0 Å². The van der Waals surface area contributed by atoms with Crippen LogP contribution in [0.5, 0.6) is 0 Å². The molecule has 1 atom stereocenters. The minimum absolute atomic E-state index is 0.303. The first-order valence-corrected chi connectivity index (χ1v) is 7.23. The van der Waals surface area contributed by atoms with Gasteiger partial charge in [0, 0.05) is 11.4 Å². The van der Waals surface area contributed by atoms with Crippen LogP contribution in [0.3, 0.4) is 0 Å². The third-order valence-electron chi connectivity index (χ3n) is 4.36. The Balaban J connectivity index is 2.05. The lowest BCUT2D eigenvalue weighted by Gasteiger charge is -2.31. The minimum atomic E-state index is -0.303. The number of pyridine rings is 1. The number of hydrogen-bond acceptors (Lipinski definition) is 2. The van der Waals surface area contributed by atoms with Crippen molar-refractivity contribution in [3.63, 3.8) is 0 Å². The van der Waals surface area contributed by atoms with Crippen LogP contribution < -0.4 is 0 Å². The maximum atomic E-state index is 10.5. The van der Waals surface area contributed by atoms with Gasteiger partial charge in [-0.05, 0) is 56.2 Å². The molecule has 0 spiro atoms. The Morgan fingerprint density at radius 1 is 1.17 bits per heavy atom. The standard InChI is InChI=1S/C16H25NO/c1-4-13-5-7-14(8-6-13)16(18)15-9-11(2)17-12(3)10-15/h9-10,13-14,16,18H,4-8H2,1-3H3. The van der Waals surface area contributed by atoms with Crippen molar-refractivity contribution in [2.45, 2.75) is 59.0 Å². The zero-order valence-corrected chi connectivity index (χ0v) is 11.8. The molecule has 0 radical (unpaired) electrons. The number of aromatic nitrogens is 1. The van der Waals surface area contributed by atoms with Crippen LogP contribution in [0.25, 0.3) is 0 Å². The van der Waals surface area contributed by atoms with Gasteiger partial charge in [0.15, 0.2) is 0 Å². The van der Waals surface area contributed by atoms with Gasteiger partial charge in [-0.15, -0.1) is 0 Å². The van der Waals surface area contributed by atoms with Crippen molar-refractivity contribution in [2.75, 3.05) is 0 Å². The second kappa shape index (κ2) is 5.83. The summed E-state index contributed by atoms with van der Waals surface area (Å²) < 4.78 is 0. The van der Waals surface area contributed by atoms with E-state index in [1.807, 2.05) is 26.0 Å². The van der Waals surface area contributed by atoms with Crippen LogP contribution in [0.1, 0.15) is 62.1 Å². The maximum Gasteiger partial charge on any atom is 0.0819 e. The largest absolute Gasteiger partial charge is 0.388 e. The van der Waals surface area contributed by atoms with E-state index in [1.165, 1.54) is 32.1 Å². The van der Waals surface area contributed by atoms with Crippen LogP contribution in [0.15, 0.2) is 12.1 Å². The van der Waals surface area contributed by atoms with Crippen molar-refractivity contribution < 1.29 is 5.11 Å². The van der Waals surface area contributed by atoms with Gasteiger partial charge in [0.2, 0.25) is 0 Å². The molecule has 1 heterocycles. The van der Waals surface area contributed by atoms with Crippen molar-refractivity contribution in [1.29, 1.82) is 0 Å². The Labute approximate surface area is 110 Å². The van der Waals surface area contributed by atoms with Gasteiger partial charge < -0.3 is 5.11 Å². The second-order valence-corrected chi connectivity index (χ2v) is 5.82. The van der Waals surface area contributed by atoms with Gasteiger partial charge in [-0.3, -0.25) is 4.98 Å². The van der Waals surface area contributed by atoms with E-state index in [2.05, 4.69) is 11.9 Å². The van der Waals surface area contributed by atoms with E-state index in [1.54, 1.807) is 0 Å². The fourth-order valence-electron chi connectivity index (χ4n) is 3.22. The highest BCUT2D eigenvalue weighted by molar-refractivity contribution is 5.23. The number of rotatable bonds is 3. The summed E-state index contributed by atoms with van der Waals surface area (Å²) >= 11 is 0. The molecule has 0 aromatic carbocycles. The minimum Gasteiger partial charge on any atom is -0.388 e. The number of aryl methyl sites for hydroxylation is 2. The molecule has 1 unspecified atom stereocenters. The summed E-state index contributed by atoms with van der Waals surface area (Å²) in [5.41, 5.74) is 3.07. The second-order valence-electron chi connectivity index (χ2n) is 5.82. The first-order chi connectivity index (χ1) is 8.60. The van der Waals surface area contributed by atoms with Crippen LogP contribution in [0.4, 0.5) is 0 Å². The highest BCUT2D eigenvalue weighted by Gasteiger charge is 2.26. The Morgan fingerprint density at radius 2 is 1.72 bits per heavy atom. The lowest BCUT2D eigenvalue weighted by atomic mass is 9.77. The summed E-state index contributed by atoms with van der Waals surface area (Å²) in [7, 11) is 0. The van der Waals surface area contributed by atoms with Gasteiger partial charge in [0.1, 0.15) is 0 Å². The summed E-state index contributed by atoms with van der Waals surface area (Å²) in [4.78, 5) is 4.38. The zero-order valence-electron chi connectivity index (χ0n) is 11.8. The molecular formula is C16H25NO. The highest BCUT2D eigenvalue weighted by Crippen LogP contribution is 2.37. The van der Waals surface area contributed by atoms with Gasteiger partial charge in [-0.2, -0.15) is 0 Å². The quantitative estimate of drug-likeness (QED) is 0.877. The molecule has 1 aromatic rings. The molecule has 18 heavy (non-hydrogen) atoms. The molecule has 1 N–H and O–H groups in total. The maximum absolute atomic E-state index is 10.5. The first-order valence-electron chi connectivity index (χ1n) is 7.23. The number of aliphatic hydroxyl groups is 1. The molecule has 100 valence electrons. The molecular weight excluding hydrogens is 222 g/mol. The number of aliphatic hydroxyl groups excluding tert-OH is 1. The molecule has 1 aliphatic carbocycles. The van der Waals surface area contributed by atoms with E-state index in [9.17, 15) is 5.11 Å². The number of nitrogens with zero attached hydrogens (tertiary/aromatic N) is 1. The van der Waals surface area contributed by atoms with Gasteiger partial charge in [0.05, 0.1) is 6.10 Å². The lowest BCUT2D eigenvalue weighted by molar-refractivity contribution is 0.0728. The summed E-state index contributed by atoms with van der Waals surface area (Å²) in [6, 6.07) is 4.06. The van der Waals surface area contributed by atoms with E-state index in [0.29, 0.717) is 5.92 Å². The fourth-order valence-corrected chi connectivity index (χ4v) is 3.22. The third-order valence-corrected chi connectivity index (χ3v) is 4.36. The molecule has 0 aliphatic heterocycles. The Bertz CT molecular complexity index is 374. The summed E-state index contributed by atoms with van der Waals surface area (Å²) in [5, 5.41) is 10.5. The van der Waals surface area contributed by atoms with Crippen LogP contribution in [-0.2, 0) is 0 Å². The van der Waals surface area contributed by atoms with E-state index >= 15 is 0 Å². The molecule has 1 aliphatic rings. The lowest BCUT2D eigenvalue weighted by Crippen LogP contribution is -2.20. The molecule has 2 nitrogen and oxygen atoms in total. The van der Waals surface area contributed by atoms with Crippen molar-refractivity contribution in [3.05, 3.63) is 29.1 Å². The molecule has 1 fully saturated rings. The first kappa shape index (κ1) is 13.5. The SMILES string of the molecule is CCC1CCC(C(O)c2cc(C)nc(C)c2)CC1. The van der Waals surface area contributed by atoms with Crippen molar-refractivity contribution in [2.24, 2.45) is 11.8 Å². The Morgan fingerprint density at radius 3 is 2.22 bits per heavy atom. The molecule has 2 heteroatoms. The predicted octanol–water partition coefficient (Wildman–Crippen LogP) is 3.95. The topological polar surface area (TPSA) is 33.1 Å². The Kier molecular flexibility index (Phi) is 4.39. The zero-order chi connectivity index (χ0) is 13.1. The van der Waals surface area contributed by atoms with Gasteiger partial charge in [0.25, 0.3) is 0 Å². The predicted molar refractivity (Wildman–Crippen MR) is 74.4 cm³/mol. The molecule has 0 saturated heterocycles. The van der Waals surface area contributed by atoms with Gasteiger partial charge in [-0.1, -0.05) is 26.2 Å². The highest BCUT2D eigenvalue weighted by atomic mass is 16.3. The smallest absolute Gasteiger partial charge is 0.0819 e. The molecule has 0 amide bonds. The van der Waals surface area contributed by atoms with Crippen molar-refractivity contribution in [3.8, 4) is 0 Å². The van der Waals surface area contributed by atoms with Crippen LogP contribution in [-0.4, -0.2) is 10.1 Å². The van der Waals surface area contributed by atoms with E-state index in [4.69, 9.17) is 0 Å². The molecule has 0 bridgehead atoms. The third kappa shape index (κ3) is 3.11. The van der Waals surface area contributed by atoms with Crippen LogP contribution >= 0.6 is 0 Å². The normalized spacial score (nSPS) is 26.0. The Hall–Kier alpha value is -0.890. The van der Waals surface area contributed by atoms with Crippen LogP contribution in [0.2, 0.25) is 0 Å². The molecule has 2 rings (SSSR count). The molecule has 1 saturated carbocycles. The fraction of sp³-hybridized carbons (Fsp3) is 0.688. The summed E-state index contributed by atoms with van der Waals surface area (Å²) in [6.45, 7) is 6.27. The van der Waals surface area contributed by atoms with Crippen molar-refractivity contribution >= 4 is 0 Å². The van der Waals surface area contributed by atoms with E-state index in [0.717, 1.165) is 22.9 Å². The monoisotopic (exact) mass is 247 g/mol. The average molecular weight is 247 g/mol. The van der Waals surface area contributed by atoms with E-state index in [-0.39, 0.29) is 6.10 Å². The van der Waals surface area contributed by atoms with Crippen LogP contribution in [0, 0.1) is 25.7 Å². The molecule has 1 aromatic heterocycles. The van der Waals surface area contributed by atoms with Gasteiger partial charge >= 0.3 is 0 Å².